The minimum absolute atomic E-state index is 0.00338. The van der Waals surface area contributed by atoms with E-state index < -0.39 is 10.8 Å². The number of rotatable bonds is 4. The first-order valence-electron chi connectivity index (χ1n) is 5.44. The minimum Gasteiger partial charge on any atom is -0.366 e. The molecule has 1 heterocycles. The second-order valence-electron chi connectivity index (χ2n) is 3.93. The maximum Gasteiger partial charge on any atom is 0.285 e. The normalized spacial score (nSPS) is 10.6. The fourth-order valence-corrected chi connectivity index (χ4v) is 2.69. The van der Waals surface area contributed by atoms with Crippen molar-refractivity contribution in [3.8, 4) is 0 Å². The highest BCUT2D eigenvalue weighted by Crippen LogP contribution is 2.39. The summed E-state index contributed by atoms with van der Waals surface area (Å²) in [6, 6.07) is 2.31. The smallest absolute Gasteiger partial charge is 0.285 e. The second-order valence-corrected chi connectivity index (χ2v) is 5.31. The summed E-state index contributed by atoms with van der Waals surface area (Å²) in [5, 5.41) is 18.9. The number of benzene rings is 1. The van der Waals surface area contributed by atoms with Crippen molar-refractivity contribution >= 4 is 35.0 Å². The number of nitro groups is 1. The minimum atomic E-state index is -0.811. The van der Waals surface area contributed by atoms with Crippen molar-refractivity contribution < 1.29 is 9.72 Å². The molecule has 9 nitrogen and oxygen atoms in total. The Labute approximate surface area is 127 Å². The van der Waals surface area contributed by atoms with Crippen molar-refractivity contribution in [3.63, 3.8) is 0 Å². The molecule has 0 saturated heterocycles. The maximum atomic E-state index is 11.1. The van der Waals surface area contributed by atoms with Gasteiger partial charge in [-0.15, -0.1) is 10.2 Å². The van der Waals surface area contributed by atoms with Crippen LogP contribution in [0.5, 0.6) is 0 Å². The zero-order chi connectivity index (χ0) is 15.7. The number of hydrogen-bond acceptors (Lipinski definition) is 7. The van der Waals surface area contributed by atoms with Gasteiger partial charge in [0.05, 0.1) is 9.95 Å². The first kappa shape index (κ1) is 15.1. The lowest BCUT2D eigenvalue weighted by atomic mass is 10.2. The van der Waals surface area contributed by atoms with Gasteiger partial charge in [-0.05, 0) is 24.8 Å². The highest BCUT2D eigenvalue weighted by Gasteiger charge is 2.23. The van der Waals surface area contributed by atoms with Crippen molar-refractivity contribution in [2.75, 3.05) is 5.84 Å². The lowest BCUT2D eigenvalue weighted by Crippen LogP contribution is -2.12. The molecule has 110 valence electrons. The lowest BCUT2D eigenvalue weighted by molar-refractivity contribution is -0.387. The van der Waals surface area contributed by atoms with E-state index in [4.69, 9.17) is 23.2 Å². The number of halogens is 1. The number of amides is 1. The zero-order valence-electron chi connectivity index (χ0n) is 10.6. The summed E-state index contributed by atoms with van der Waals surface area (Å²) in [5.41, 5.74) is 4.69. The van der Waals surface area contributed by atoms with Gasteiger partial charge in [-0.1, -0.05) is 11.6 Å². The summed E-state index contributed by atoms with van der Waals surface area (Å²) in [4.78, 5) is 21.7. The Hall–Kier alpha value is -2.33. The monoisotopic (exact) mass is 328 g/mol. The van der Waals surface area contributed by atoms with Gasteiger partial charge in [0.15, 0.2) is 0 Å². The van der Waals surface area contributed by atoms with Gasteiger partial charge in [0, 0.05) is 11.6 Å². The van der Waals surface area contributed by atoms with E-state index in [1.807, 2.05) is 0 Å². The third-order valence-electron chi connectivity index (χ3n) is 2.53. The van der Waals surface area contributed by atoms with E-state index in [1.54, 1.807) is 6.92 Å². The average molecular weight is 329 g/mol. The number of aromatic nitrogens is 3. The highest BCUT2D eigenvalue weighted by atomic mass is 35.5. The molecule has 0 aliphatic heterocycles. The quantitative estimate of drug-likeness (QED) is 0.486. The van der Waals surface area contributed by atoms with E-state index >= 15 is 0 Å². The topological polar surface area (TPSA) is 143 Å². The molecular formula is C10H9ClN6O3S. The summed E-state index contributed by atoms with van der Waals surface area (Å²) in [5.74, 6) is 5.31. The fraction of sp³-hybridized carbons (Fsp3) is 0.100. The molecule has 4 N–H and O–H groups in total. The molecule has 0 atom stereocenters. The number of carbonyl (C=O) groups is 1. The standard InChI is InChI=1S/C10H9ClN6O3S/c1-4-14-15-10(16(4)13)21-8-6(11)2-5(9(12)18)3-7(8)17(19)20/h2-3H,13H2,1H3,(H2,12,18). The number of nitrogens with zero attached hydrogens (tertiary/aromatic N) is 4. The van der Waals surface area contributed by atoms with Gasteiger partial charge in [0.2, 0.25) is 11.1 Å². The van der Waals surface area contributed by atoms with Crippen molar-refractivity contribution in [1.29, 1.82) is 0 Å². The molecule has 1 amide bonds. The van der Waals surface area contributed by atoms with E-state index in [-0.39, 0.29) is 26.3 Å². The number of aryl methyl sites for hydroxylation is 1. The summed E-state index contributed by atoms with van der Waals surface area (Å²) in [6.45, 7) is 1.63. The maximum absolute atomic E-state index is 11.1. The molecule has 0 spiro atoms. The Balaban J connectivity index is 2.55. The van der Waals surface area contributed by atoms with E-state index in [1.165, 1.54) is 10.7 Å². The molecule has 0 saturated carbocycles. The van der Waals surface area contributed by atoms with E-state index in [9.17, 15) is 14.9 Å². The molecule has 1 aromatic carbocycles. The number of carbonyl (C=O) groups excluding carboxylic acids is 1. The van der Waals surface area contributed by atoms with Crippen LogP contribution in [0.2, 0.25) is 5.02 Å². The van der Waals surface area contributed by atoms with Crippen LogP contribution in [0, 0.1) is 17.0 Å². The predicted octanol–water partition coefficient (Wildman–Crippen LogP) is 1.11. The van der Waals surface area contributed by atoms with Gasteiger partial charge in [0.25, 0.3) is 5.69 Å². The van der Waals surface area contributed by atoms with Crippen LogP contribution >= 0.6 is 23.4 Å². The van der Waals surface area contributed by atoms with Gasteiger partial charge >= 0.3 is 0 Å². The van der Waals surface area contributed by atoms with Gasteiger partial charge in [0.1, 0.15) is 10.7 Å². The highest BCUT2D eigenvalue weighted by molar-refractivity contribution is 7.99. The molecule has 2 rings (SSSR count). The molecule has 11 heteroatoms. The number of nitrogens with two attached hydrogens (primary N) is 2. The Bertz CT molecular complexity index is 747. The van der Waals surface area contributed by atoms with Crippen molar-refractivity contribution in [2.24, 2.45) is 5.73 Å². The van der Waals surface area contributed by atoms with Gasteiger partial charge in [-0.2, -0.15) is 0 Å². The Morgan fingerprint density at radius 2 is 2.14 bits per heavy atom. The molecule has 0 aliphatic rings. The third kappa shape index (κ3) is 2.90. The van der Waals surface area contributed by atoms with Crippen LogP contribution in [0.4, 0.5) is 5.69 Å². The van der Waals surface area contributed by atoms with Gasteiger partial charge in [-0.3, -0.25) is 14.9 Å². The molecule has 0 radical (unpaired) electrons. The van der Waals surface area contributed by atoms with Crippen LogP contribution in [-0.2, 0) is 0 Å². The van der Waals surface area contributed by atoms with Crippen LogP contribution in [0.3, 0.4) is 0 Å². The molecule has 0 unspecified atom stereocenters. The average Bonchev–Trinajstić information content (AvgIpc) is 2.72. The van der Waals surface area contributed by atoms with Crippen molar-refractivity contribution in [3.05, 3.63) is 38.7 Å². The molecule has 0 fully saturated rings. The van der Waals surface area contributed by atoms with E-state index in [0.717, 1.165) is 17.8 Å². The SMILES string of the molecule is Cc1nnc(Sc2c(Cl)cc(C(N)=O)cc2[N+](=O)[O-])n1N. The summed E-state index contributed by atoms with van der Waals surface area (Å²) >= 11 is 6.88. The van der Waals surface area contributed by atoms with Crippen LogP contribution < -0.4 is 11.6 Å². The molecule has 1 aromatic heterocycles. The summed E-state index contributed by atoms with van der Waals surface area (Å²) in [7, 11) is 0. The molecule has 0 bridgehead atoms. The van der Waals surface area contributed by atoms with Crippen molar-refractivity contribution in [1.82, 2.24) is 14.9 Å². The Morgan fingerprint density at radius 3 is 2.62 bits per heavy atom. The number of nitrogen functional groups attached to an aromatic ring is 1. The third-order valence-corrected chi connectivity index (χ3v) is 4.04. The van der Waals surface area contributed by atoms with Gasteiger partial charge in [-0.25, -0.2) is 4.68 Å². The van der Waals surface area contributed by atoms with Crippen LogP contribution in [0.1, 0.15) is 16.2 Å². The predicted molar refractivity (Wildman–Crippen MR) is 75.7 cm³/mol. The van der Waals surface area contributed by atoms with Gasteiger partial charge < -0.3 is 11.6 Å². The number of nitro benzene ring substituents is 1. The number of primary amides is 1. The first-order valence-corrected chi connectivity index (χ1v) is 6.63. The molecule has 21 heavy (non-hydrogen) atoms. The second kappa shape index (κ2) is 5.58. The summed E-state index contributed by atoms with van der Waals surface area (Å²) in [6.07, 6.45) is 0. The van der Waals surface area contributed by atoms with E-state index in [2.05, 4.69) is 10.2 Å². The largest absolute Gasteiger partial charge is 0.366 e. The zero-order valence-corrected chi connectivity index (χ0v) is 12.2. The van der Waals surface area contributed by atoms with E-state index in [0.29, 0.717) is 5.82 Å². The molecule has 0 aliphatic carbocycles. The van der Waals surface area contributed by atoms with Crippen molar-refractivity contribution in [2.45, 2.75) is 17.0 Å². The van der Waals surface area contributed by atoms with Crippen LogP contribution in [0.25, 0.3) is 0 Å². The first-order chi connectivity index (χ1) is 9.81. The molecular weight excluding hydrogens is 320 g/mol. The Morgan fingerprint density at radius 1 is 1.48 bits per heavy atom. The Kier molecular flexibility index (Phi) is 4.00. The number of hydrogen-bond donors (Lipinski definition) is 2. The summed E-state index contributed by atoms with van der Waals surface area (Å²) < 4.78 is 1.17. The van der Waals surface area contributed by atoms with Crippen LogP contribution in [-0.4, -0.2) is 25.7 Å². The molecule has 2 aromatic rings. The lowest BCUT2D eigenvalue weighted by Gasteiger charge is -2.06. The fourth-order valence-electron chi connectivity index (χ4n) is 1.47. The van der Waals surface area contributed by atoms with Crippen LogP contribution in [0.15, 0.2) is 22.2 Å².